The van der Waals surface area contributed by atoms with Crippen LogP contribution in [-0.4, -0.2) is 46.6 Å². The number of ether oxygens (including phenoxy) is 1. The van der Waals surface area contributed by atoms with Crippen LogP contribution in [0.2, 0.25) is 0 Å². The number of ketones is 1. The van der Waals surface area contributed by atoms with Crippen molar-refractivity contribution in [1.29, 1.82) is 0 Å². The van der Waals surface area contributed by atoms with E-state index in [2.05, 4.69) is 16.0 Å². The molecule has 1 aliphatic carbocycles. The van der Waals surface area contributed by atoms with Gasteiger partial charge in [0.1, 0.15) is 16.0 Å². The minimum Gasteiger partial charge on any atom is -0.378 e. The molecule has 0 spiro atoms. The van der Waals surface area contributed by atoms with Gasteiger partial charge in [-0.15, -0.1) is 0 Å². The van der Waals surface area contributed by atoms with Gasteiger partial charge in [0.15, 0.2) is 10.9 Å². The smallest absolute Gasteiger partial charge is 0.349 e. The number of rotatable bonds is 5. The van der Waals surface area contributed by atoms with Crippen molar-refractivity contribution in [2.75, 3.05) is 31.2 Å². The number of Topliss-reactive ketones (excluding diaryl/α,β-unsaturated/α-hetero) is 1. The van der Waals surface area contributed by atoms with Crippen molar-refractivity contribution in [3.05, 3.63) is 75.7 Å². The fourth-order valence-electron chi connectivity index (χ4n) is 4.90. The van der Waals surface area contributed by atoms with Gasteiger partial charge in [0.2, 0.25) is 0 Å². The molecule has 7 nitrogen and oxygen atoms in total. The normalized spacial score (nSPS) is 15.8. The third-order valence-electron chi connectivity index (χ3n) is 6.81. The lowest BCUT2D eigenvalue weighted by Gasteiger charge is -2.25. The fraction of sp³-hybridized carbons (Fsp3) is 0.333. The van der Waals surface area contributed by atoms with Crippen molar-refractivity contribution in [1.82, 2.24) is 14.5 Å². The van der Waals surface area contributed by atoms with Crippen LogP contribution < -0.4 is 10.6 Å². The SMILES string of the molecule is O=C(Cn1c(=O)nc(-c2ccccc2)c2nc(N3CCOCC3)sc21)c1ccc2c(c1)CCCC2. The lowest BCUT2D eigenvalue weighted by molar-refractivity contribution is 0.0972. The highest BCUT2D eigenvalue weighted by molar-refractivity contribution is 7.22. The van der Waals surface area contributed by atoms with Gasteiger partial charge >= 0.3 is 5.69 Å². The van der Waals surface area contributed by atoms with Gasteiger partial charge in [0.25, 0.3) is 0 Å². The van der Waals surface area contributed by atoms with Crippen LogP contribution in [0, 0.1) is 0 Å². The molecule has 0 bridgehead atoms. The van der Waals surface area contributed by atoms with E-state index in [1.54, 1.807) is 0 Å². The number of carbonyl (C=O) groups is 1. The Morgan fingerprint density at radius 3 is 2.54 bits per heavy atom. The Kier molecular flexibility index (Phi) is 5.91. The summed E-state index contributed by atoms with van der Waals surface area (Å²) in [6.45, 7) is 2.71. The molecule has 2 aromatic heterocycles. The number of anilines is 1. The standard InChI is InChI=1S/C27H26N4O3S/c32-22(21-11-10-18-6-4-5-9-20(18)16-21)17-31-25-24(29-27(35-25)30-12-14-34-15-13-30)23(28-26(31)33)19-7-2-1-3-8-19/h1-3,7-8,10-11,16H,4-6,9,12-15,17H2. The zero-order valence-corrected chi connectivity index (χ0v) is 20.2. The van der Waals surface area contributed by atoms with Crippen LogP contribution in [0.15, 0.2) is 53.3 Å². The van der Waals surface area contributed by atoms with Crippen LogP contribution in [0.1, 0.15) is 34.3 Å². The molecule has 1 fully saturated rings. The number of aromatic nitrogens is 3. The van der Waals surface area contributed by atoms with Crippen molar-refractivity contribution in [3.8, 4) is 11.3 Å². The molecule has 6 rings (SSSR count). The highest BCUT2D eigenvalue weighted by Gasteiger charge is 2.23. The third-order valence-corrected chi connectivity index (χ3v) is 7.95. The van der Waals surface area contributed by atoms with E-state index in [1.807, 2.05) is 42.5 Å². The Morgan fingerprint density at radius 1 is 0.971 bits per heavy atom. The Bertz CT molecular complexity index is 1450. The van der Waals surface area contributed by atoms with E-state index in [0.717, 1.165) is 43.0 Å². The molecule has 8 heteroatoms. The first kappa shape index (κ1) is 22.1. The maximum Gasteiger partial charge on any atom is 0.349 e. The molecule has 0 N–H and O–H groups in total. The molecular weight excluding hydrogens is 460 g/mol. The van der Waals surface area contributed by atoms with E-state index in [9.17, 15) is 9.59 Å². The highest BCUT2D eigenvalue weighted by Crippen LogP contribution is 2.33. The number of nitrogens with zero attached hydrogens (tertiary/aromatic N) is 4. The van der Waals surface area contributed by atoms with E-state index >= 15 is 0 Å². The van der Waals surface area contributed by atoms with Gasteiger partial charge < -0.3 is 9.64 Å². The molecule has 1 aliphatic heterocycles. The molecule has 2 aliphatic rings. The average molecular weight is 487 g/mol. The molecule has 0 atom stereocenters. The topological polar surface area (TPSA) is 77.3 Å². The summed E-state index contributed by atoms with van der Waals surface area (Å²) in [5.41, 5.74) is 4.85. The van der Waals surface area contributed by atoms with E-state index in [-0.39, 0.29) is 12.3 Å². The molecule has 0 amide bonds. The van der Waals surface area contributed by atoms with Gasteiger partial charge in [-0.2, -0.15) is 4.98 Å². The zero-order valence-electron chi connectivity index (χ0n) is 19.4. The number of aryl methyl sites for hydroxylation is 2. The summed E-state index contributed by atoms with van der Waals surface area (Å²) in [7, 11) is 0. The number of hydrogen-bond donors (Lipinski definition) is 0. The Labute approximate surface area is 207 Å². The minimum atomic E-state index is -0.431. The van der Waals surface area contributed by atoms with Gasteiger partial charge in [-0.3, -0.25) is 9.36 Å². The van der Waals surface area contributed by atoms with Gasteiger partial charge in [0, 0.05) is 24.2 Å². The predicted molar refractivity (Wildman–Crippen MR) is 138 cm³/mol. The molecule has 3 heterocycles. The lowest BCUT2D eigenvalue weighted by Crippen LogP contribution is -2.36. The fourth-order valence-corrected chi connectivity index (χ4v) is 6.02. The first-order valence-corrected chi connectivity index (χ1v) is 12.9. The summed E-state index contributed by atoms with van der Waals surface area (Å²) < 4.78 is 6.99. The monoisotopic (exact) mass is 486 g/mol. The summed E-state index contributed by atoms with van der Waals surface area (Å²) >= 11 is 1.44. The van der Waals surface area contributed by atoms with Gasteiger partial charge in [-0.05, 0) is 42.9 Å². The van der Waals surface area contributed by atoms with E-state index in [1.165, 1.54) is 33.5 Å². The summed E-state index contributed by atoms with van der Waals surface area (Å²) in [6.07, 6.45) is 4.43. The van der Waals surface area contributed by atoms with Crippen molar-refractivity contribution in [2.45, 2.75) is 32.2 Å². The Balaban J connectivity index is 1.43. The van der Waals surface area contributed by atoms with Crippen molar-refractivity contribution < 1.29 is 9.53 Å². The van der Waals surface area contributed by atoms with Crippen LogP contribution in [0.25, 0.3) is 21.6 Å². The van der Waals surface area contributed by atoms with Crippen molar-refractivity contribution in [3.63, 3.8) is 0 Å². The number of hydrogen-bond acceptors (Lipinski definition) is 7. The second kappa shape index (κ2) is 9.36. The summed E-state index contributed by atoms with van der Waals surface area (Å²) in [5, 5.41) is 0.822. The second-order valence-corrected chi connectivity index (χ2v) is 10.0. The number of fused-ring (bicyclic) bond motifs is 2. The molecular formula is C27H26N4O3S. The Hall–Kier alpha value is -3.36. The average Bonchev–Trinajstić information content (AvgIpc) is 3.36. The quantitative estimate of drug-likeness (QED) is 0.395. The number of benzene rings is 2. The molecule has 2 aromatic carbocycles. The number of morpholine rings is 1. The van der Waals surface area contributed by atoms with E-state index in [4.69, 9.17) is 9.72 Å². The number of thiazole rings is 1. The van der Waals surface area contributed by atoms with Gasteiger partial charge in [0.05, 0.1) is 19.8 Å². The van der Waals surface area contributed by atoms with Crippen molar-refractivity contribution in [2.24, 2.45) is 0 Å². The van der Waals surface area contributed by atoms with Crippen molar-refractivity contribution >= 4 is 32.6 Å². The van der Waals surface area contributed by atoms with E-state index < -0.39 is 5.69 Å². The number of carbonyl (C=O) groups excluding carboxylic acids is 1. The second-order valence-electron chi connectivity index (χ2n) is 9.06. The van der Waals surface area contributed by atoms with E-state index in [0.29, 0.717) is 34.8 Å². The largest absolute Gasteiger partial charge is 0.378 e. The molecule has 35 heavy (non-hydrogen) atoms. The van der Waals surface area contributed by atoms with Crippen LogP contribution in [-0.2, 0) is 24.1 Å². The molecule has 1 saturated heterocycles. The predicted octanol–water partition coefficient (Wildman–Crippen LogP) is 4.12. The summed E-state index contributed by atoms with van der Waals surface area (Å²) in [6, 6.07) is 15.6. The van der Waals surface area contributed by atoms with Crippen LogP contribution in [0.3, 0.4) is 0 Å². The summed E-state index contributed by atoms with van der Waals surface area (Å²) in [5.74, 6) is -0.0858. The van der Waals surface area contributed by atoms with Crippen LogP contribution in [0.5, 0.6) is 0 Å². The third kappa shape index (κ3) is 4.28. The highest BCUT2D eigenvalue weighted by atomic mass is 32.1. The maximum atomic E-state index is 13.3. The molecule has 0 saturated carbocycles. The van der Waals surface area contributed by atoms with Gasteiger partial charge in [-0.25, -0.2) is 9.78 Å². The lowest BCUT2D eigenvalue weighted by atomic mass is 9.90. The molecule has 0 radical (unpaired) electrons. The summed E-state index contributed by atoms with van der Waals surface area (Å²) in [4.78, 5) is 38.7. The van der Waals surface area contributed by atoms with Gasteiger partial charge in [-0.1, -0.05) is 53.8 Å². The van der Waals surface area contributed by atoms with Crippen LogP contribution in [0.4, 0.5) is 5.13 Å². The first-order valence-electron chi connectivity index (χ1n) is 12.1. The molecule has 178 valence electrons. The first-order chi connectivity index (χ1) is 17.2. The zero-order chi connectivity index (χ0) is 23.8. The maximum absolute atomic E-state index is 13.3. The minimum absolute atomic E-state index is 0.0546. The van der Waals surface area contributed by atoms with Crippen LogP contribution >= 0.6 is 11.3 Å². The molecule has 4 aromatic rings. The molecule has 0 unspecified atom stereocenters. The Morgan fingerprint density at radius 2 is 1.74 bits per heavy atom.